The SMILES string of the molecule is Cn1ccnc1-c1ncc(CNC(C)(C)C)[nH]1. The number of rotatable bonds is 3. The van der Waals surface area contributed by atoms with E-state index in [1.165, 1.54) is 0 Å². The van der Waals surface area contributed by atoms with Crippen molar-refractivity contribution in [3.8, 4) is 11.6 Å². The Balaban J connectivity index is 2.09. The molecular weight excluding hydrogens is 214 g/mol. The first-order valence-electron chi connectivity index (χ1n) is 5.72. The summed E-state index contributed by atoms with van der Waals surface area (Å²) in [7, 11) is 1.96. The molecule has 17 heavy (non-hydrogen) atoms. The fraction of sp³-hybridized carbons (Fsp3) is 0.500. The fourth-order valence-corrected chi connectivity index (χ4v) is 1.52. The Kier molecular flexibility index (Phi) is 3.02. The first-order valence-corrected chi connectivity index (χ1v) is 5.72. The van der Waals surface area contributed by atoms with Crippen LogP contribution in [0.5, 0.6) is 0 Å². The van der Waals surface area contributed by atoms with Gasteiger partial charge in [0.15, 0.2) is 11.6 Å². The highest BCUT2D eigenvalue weighted by molar-refractivity contribution is 5.44. The van der Waals surface area contributed by atoms with Crippen molar-refractivity contribution in [3.63, 3.8) is 0 Å². The monoisotopic (exact) mass is 233 g/mol. The number of hydrogen-bond donors (Lipinski definition) is 2. The molecule has 2 N–H and O–H groups in total. The van der Waals surface area contributed by atoms with Crippen molar-refractivity contribution in [2.24, 2.45) is 7.05 Å². The molecule has 0 aliphatic heterocycles. The number of hydrogen-bond acceptors (Lipinski definition) is 3. The van der Waals surface area contributed by atoms with Crippen LogP contribution in [-0.4, -0.2) is 25.1 Å². The zero-order valence-corrected chi connectivity index (χ0v) is 10.8. The van der Waals surface area contributed by atoms with Crippen LogP contribution in [0.4, 0.5) is 0 Å². The van der Waals surface area contributed by atoms with Gasteiger partial charge in [-0.1, -0.05) is 0 Å². The third kappa shape index (κ3) is 2.94. The van der Waals surface area contributed by atoms with Crippen LogP contribution in [0.15, 0.2) is 18.6 Å². The quantitative estimate of drug-likeness (QED) is 0.848. The molecule has 0 saturated heterocycles. The van der Waals surface area contributed by atoms with E-state index in [-0.39, 0.29) is 5.54 Å². The molecule has 0 aromatic carbocycles. The Morgan fingerprint density at radius 3 is 2.71 bits per heavy atom. The van der Waals surface area contributed by atoms with Crippen LogP contribution in [0, 0.1) is 0 Å². The van der Waals surface area contributed by atoms with Crippen molar-refractivity contribution >= 4 is 0 Å². The molecule has 0 spiro atoms. The summed E-state index contributed by atoms with van der Waals surface area (Å²) in [5, 5.41) is 3.41. The van der Waals surface area contributed by atoms with Crippen LogP contribution < -0.4 is 5.32 Å². The predicted molar refractivity (Wildman–Crippen MR) is 67.4 cm³/mol. The molecule has 0 aliphatic carbocycles. The topological polar surface area (TPSA) is 58.5 Å². The molecule has 2 aromatic rings. The van der Waals surface area contributed by atoms with Gasteiger partial charge in [0.25, 0.3) is 0 Å². The summed E-state index contributed by atoms with van der Waals surface area (Å²) in [5.41, 5.74) is 1.17. The van der Waals surface area contributed by atoms with Gasteiger partial charge in [0, 0.05) is 37.2 Å². The molecule has 0 bridgehead atoms. The number of nitrogens with zero attached hydrogens (tertiary/aromatic N) is 3. The maximum Gasteiger partial charge on any atom is 0.175 e. The maximum atomic E-state index is 4.34. The third-order valence-corrected chi connectivity index (χ3v) is 2.47. The molecule has 0 atom stereocenters. The number of imidazole rings is 2. The van der Waals surface area contributed by atoms with Crippen molar-refractivity contribution in [3.05, 3.63) is 24.3 Å². The summed E-state index contributed by atoms with van der Waals surface area (Å²) < 4.78 is 1.94. The lowest BCUT2D eigenvalue weighted by molar-refractivity contribution is 0.422. The standard InChI is InChI=1S/C12H19N5/c1-12(2,3)15-8-9-7-14-10(16-9)11-13-5-6-17(11)4/h5-7,15H,8H2,1-4H3,(H,14,16). The second-order valence-electron chi connectivity index (χ2n) is 5.22. The van der Waals surface area contributed by atoms with Gasteiger partial charge in [0.2, 0.25) is 0 Å². The lowest BCUT2D eigenvalue weighted by Crippen LogP contribution is -2.35. The van der Waals surface area contributed by atoms with Gasteiger partial charge in [-0.2, -0.15) is 0 Å². The number of H-pyrrole nitrogens is 1. The predicted octanol–water partition coefficient (Wildman–Crippen LogP) is 1.70. The molecule has 2 aromatic heterocycles. The molecule has 2 rings (SSSR count). The van der Waals surface area contributed by atoms with Gasteiger partial charge in [0.1, 0.15) is 0 Å². The highest BCUT2D eigenvalue weighted by Gasteiger charge is 2.11. The molecule has 5 heteroatoms. The molecule has 0 amide bonds. The minimum absolute atomic E-state index is 0.106. The lowest BCUT2D eigenvalue weighted by Gasteiger charge is -2.19. The van der Waals surface area contributed by atoms with Gasteiger partial charge in [-0.15, -0.1) is 0 Å². The van der Waals surface area contributed by atoms with Crippen molar-refractivity contribution in [1.29, 1.82) is 0 Å². The summed E-state index contributed by atoms with van der Waals surface area (Å²) in [6, 6.07) is 0. The Labute approximate surface area is 101 Å². The van der Waals surface area contributed by atoms with Crippen molar-refractivity contribution in [2.75, 3.05) is 0 Å². The summed E-state index contributed by atoms with van der Waals surface area (Å²) in [6.07, 6.45) is 5.53. The Morgan fingerprint density at radius 2 is 2.12 bits per heavy atom. The van der Waals surface area contributed by atoms with E-state index >= 15 is 0 Å². The highest BCUT2D eigenvalue weighted by atomic mass is 15.1. The van der Waals surface area contributed by atoms with E-state index in [9.17, 15) is 0 Å². The summed E-state index contributed by atoms with van der Waals surface area (Å²) in [4.78, 5) is 11.9. The van der Waals surface area contributed by atoms with E-state index < -0.39 is 0 Å². The zero-order chi connectivity index (χ0) is 12.5. The van der Waals surface area contributed by atoms with Gasteiger partial charge < -0.3 is 14.9 Å². The Morgan fingerprint density at radius 1 is 1.35 bits per heavy atom. The number of aromatic nitrogens is 4. The first-order chi connectivity index (χ1) is 7.96. The molecule has 0 radical (unpaired) electrons. The van der Waals surface area contributed by atoms with Crippen molar-refractivity contribution in [2.45, 2.75) is 32.9 Å². The molecule has 5 nitrogen and oxygen atoms in total. The molecule has 2 heterocycles. The van der Waals surface area contributed by atoms with E-state index in [4.69, 9.17) is 0 Å². The maximum absolute atomic E-state index is 4.34. The van der Waals surface area contributed by atoms with E-state index in [2.05, 4.69) is 41.0 Å². The molecule has 0 aliphatic rings. The van der Waals surface area contributed by atoms with Gasteiger partial charge in [0.05, 0.1) is 6.20 Å². The Hall–Kier alpha value is -1.62. The molecule has 0 fully saturated rings. The normalized spacial score (nSPS) is 12.0. The largest absolute Gasteiger partial charge is 0.338 e. The van der Waals surface area contributed by atoms with E-state index in [1.54, 1.807) is 6.20 Å². The summed E-state index contributed by atoms with van der Waals surface area (Å²) in [5.74, 6) is 1.66. The minimum atomic E-state index is 0.106. The van der Waals surface area contributed by atoms with Crippen molar-refractivity contribution < 1.29 is 0 Å². The lowest BCUT2D eigenvalue weighted by atomic mass is 10.1. The third-order valence-electron chi connectivity index (χ3n) is 2.47. The van der Waals surface area contributed by atoms with Crippen LogP contribution in [0.2, 0.25) is 0 Å². The van der Waals surface area contributed by atoms with Gasteiger partial charge in [-0.25, -0.2) is 9.97 Å². The number of aromatic amines is 1. The number of aryl methyl sites for hydroxylation is 1. The molecule has 0 unspecified atom stereocenters. The van der Waals surface area contributed by atoms with E-state index in [0.29, 0.717) is 0 Å². The summed E-state index contributed by atoms with van der Waals surface area (Å²) >= 11 is 0. The van der Waals surface area contributed by atoms with Gasteiger partial charge in [-0.3, -0.25) is 0 Å². The zero-order valence-electron chi connectivity index (χ0n) is 10.8. The molecular formula is C12H19N5. The van der Waals surface area contributed by atoms with Gasteiger partial charge in [-0.05, 0) is 20.8 Å². The second-order valence-corrected chi connectivity index (χ2v) is 5.22. The Bertz CT molecular complexity index is 489. The average molecular weight is 233 g/mol. The van der Waals surface area contributed by atoms with Crippen LogP contribution in [-0.2, 0) is 13.6 Å². The van der Waals surface area contributed by atoms with Crippen LogP contribution in [0.3, 0.4) is 0 Å². The molecule has 92 valence electrons. The first kappa shape index (κ1) is 11.9. The highest BCUT2D eigenvalue weighted by Crippen LogP contribution is 2.12. The fourth-order valence-electron chi connectivity index (χ4n) is 1.52. The summed E-state index contributed by atoms with van der Waals surface area (Å²) in [6.45, 7) is 7.20. The van der Waals surface area contributed by atoms with Crippen molar-refractivity contribution in [1.82, 2.24) is 24.8 Å². The van der Waals surface area contributed by atoms with E-state index in [0.717, 1.165) is 23.9 Å². The van der Waals surface area contributed by atoms with Crippen LogP contribution in [0.25, 0.3) is 11.6 Å². The van der Waals surface area contributed by atoms with Crippen LogP contribution >= 0.6 is 0 Å². The second kappa shape index (κ2) is 4.33. The number of nitrogens with one attached hydrogen (secondary N) is 2. The van der Waals surface area contributed by atoms with Crippen LogP contribution in [0.1, 0.15) is 26.5 Å². The van der Waals surface area contributed by atoms with E-state index in [1.807, 2.05) is 24.0 Å². The molecule has 0 saturated carbocycles. The average Bonchev–Trinajstić information content (AvgIpc) is 2.81. The minimum Gasteiger partial charge on any atom is -0.338 e. The smallest absolute Gasteiger partial charge is 0.175 e. The van der Waals surface area contributed by atoms with Gasteiger partial charge >= 0.3 is 0 Å².